The molecule has 0 bridgehead atoms. The fraction of sp³-hybridized carbons (Fsp3) is 0.500. The number of imidazole rings is 1. The third-order valence-electron chi connectivity index (χ3n) is 3.89. The zero-order chi connectivity index (χ0) is 12.7. The van der Waals surface area contributed by atoms with E-state index in [2.05, 4.69) is 41.6 Å². The van der Waals surface area contributed by atoms with E-state index in [1.165, 1.54) is 16.6 Å². The lowest BCUT2D eigenvalue weighted by atomic mass is 9.97. The van der Waals surface area contributed by atoms with Crippen LogP contribution in [0.15, 0.2) is 18.2 Å². The fourth-order valence-corrected chi connectivity index (χ4v) is 3.21. The highest BCUT2D eigenvalue weighted by Gasteiger charge is 2.25. The summed E-state index contributed by atoms with van der Waals surface area (Å²) in [6, 6.07) is 6.81. The van der Waals surface area contributed by atoms with Crippen molar-refractivity contribution in [2.75, 3.05) is 13.2 Å². The number of aryl methyl sites for hydroxylation is 1. The smallest absolute Gasteiger partial charge is 0.178 e. The lowest BCUT2D eigenvalue weighted by Crippen LogP contribution is -2.28. The molecule has 1 aromatic heterocycles. The van der Waals surface area contributed by atoms with Gasteiger partial charge in [-0.25, -0.2) is 0 Å². The zero-order valence-corrected chi connectivity index (χ0v) is 11.6. The Hall–Kier alpha value is -1.13. The molecule has 0 amide bonds. The van der Waals surface area contributed by atoms with E-state index in [0.717, 1.165) is 24.4 Å². The van der Waals surface area contributed by atoms with Gasteiger partial charge in [-0.3, -0.25) is 0 Å². The van der Waals surface area contributed by atoms with Gasteiger partial charge in [0.1, 0.15) is 0 Å². The molecule has 2 aromatic rings. The monoisotopic (exact) mass is 262 g/mol. The van der Waals surface area contributed by atoms with Gasteiger partial charge < -0.3 is 14.3 Å². The van der Waals surface area contributed by atoms with E-state index < -0.39 is 0 Å². The second kappa shape index (κ2) is 4.52. The molecule has 1 N–H and O–H groups in total. The maximum atomic E-state index is 5.53. The van der Waals surface area contributed by atoms with Crippen molar-refractivity contribution in [1.82, 2.24) is 9.55 Å². The van der Waals surface area contributed by atoms with Crippen molar-refractivity contribution in [2.24, 2.45) is 5.92 Å². The lowest BCUT2D eigenvalue weighted by Gasteiger charge is -2.30. The molecule has 1 aliphatic rings. The van der Waals surface area contributed by atoms with Gasteiger partial charge in [0.2, 0.25) is 0 Å². The van der Waals surface area contributed by atoms with Crippen molar-refractivity contribution >= 4 is 23.3 Å². The predicted molar refractivity (Wildman–Crippen MR) is 75.5 cm³/mol. The molecule has 2 unspecified atom stereocenters. The quantitative estimate of drug-likeness (QED) is 0.796. The van der Waals surface area contributed by atoms with Crippen LogP contribution in [0, 0.1) is 17.6 Å². The number of benzene rings is 1. The number of aromatic nitrogens is 2. The number of rotatable bonds is 1. The van der Waals surface area contributed by atoms with Gasteiger partial charge in [-0.15, -0.1) is 0 Å². The average molecular weight is 262 g/mol. The number of hydrogen-bond acceptors (Lipinski definition) is 2. The summed E-state index contributed by atoms with van der Waals surface area (Å²) in [5, 5.41) is 0. The Morgan fingerprint density at radius 1 is 1.44 bits per heavy atom. The highest BCUT2D eigenvalue weighted by Crippen LogP contribution is 2.31. The van der Waals surface area contributed by atoms with Crippen molar-refractivity contribution in [3.63, 3.8) is 0 Å². The lowest BCUT2D eigenvalue weighted by molar-refractivity contribution is 0.0294. The molecule has 0 radical (unpaired) electrons. The largest absolute Gasteiger partial charge is 0.381 e. The molecule has 1 aromatic carbocycles. The highest BCUT2D eigenvalue weighted by molar-refractivity contribution is 7.71. The van der Waals surface area contributed by atoms with E-state index in [1.807, 2.05) is 0 Å². The molecule has 3 rings (SSSR count). The van der Waals surface area contributed by atoms with Crippen molar-refractivity contribution in [3.05, 3.63) is 28.5 Å². The molecule has 4 heteroatoms. The van der Waals surface area contributed by atoms with Crippen molar-refractivity contribution in [3.8, 4) is 0 Å². The zero-order valence-electron chi connectivity index (χ0n) is 10.8. The summed E-state index contributed by atoms with van der Waals surface area (Å²) in [6.07, 6.45) is 1.04. The third-order valence-corrected chi connectivity index (χ3v) is 4.19. The summed E-state index contributed by atoms with van der Waals surface area (Å²) in [6.45, 7) is 6.01. The number of H-pyrrole nitrogens is 1. The molecular weight excluding hydrogens is 244 g/mol. The van der Waals surface area contributed by atoms with Gasteiger partial charge >= 0.3 is 0 Å². The molecule has 2 heterocycles. The van der Waals surface area contributed by atoms with Gasteiger partial charge in [0.15, 0.2) is 4.77 Å². The van der Waals surface area contributed by atoms with Gasteiger partial charge in [0.05, 0.1) is 17.6 Å². The predicted octanol–water partition coefficient (Wildman–Crippen LogP) is 3.60. The van der Waals surface area contributed by atoms with Crippen molar-refractivity contribution in [1.29, 1.82) is 0 Å². The SMILES string of the molecule is Cc1cccc2c1[nH]c(=S)n2C1CCOCC1C. The number of ether oxygens (including phenoxy) is 1. The van der Waals surface area contributed by atoms with Crippen LogP contribution >= 0.6 is 12.2 Å². The van der Waals surface area contributed by atoms with Gasteiger partial charge in [-0.05, 0) is 37.2 Å². The first-order valence-corrected chi connectivity index (χ1v) is 6.87. The summed E-state index contributed by atoms with van der Waals surface area (Å²) in [5.74, 6) is 0.505. The van der Waals surface area contributed by atoms with Crippen LogP contribution < -0.4 is 0 Å². The molecular formula is C14H18N2OS. The summed E-state index contributed by atoms with van der Waals surface area (Å²) in [5.41, 5.74) is 3.64. The van der Waals surface area contributed by atoms with Gasteiger partial charge in [-0.1, -0.05) is 19.1 Å². The van der Waals surface area contributed by atoms with Crippen LogP contribution in [0.3, 0.4) is 0 Å². The molecule has 1 saturated heterocycles. The average Bonchev–Trinajstić information content (AvgIpc) is 2.68. The number of aromatic amines is 1. The Balaban J connectivity index is 2.19. The Morgan fingerprint density at radius 3 is 3.06 bits per heavy atom. The highest BCUT2D eigenvalue weighted by atomic mass is 32.1. The van der Waals surface area contributed by atoms with Crippen LogP contribution in [0.5, 0.6) is 0 Å². The number of fused-ring (bicyclic) bond motifs is 1. The van der Waals surface area contributed by atoms with Crippen molar-refractivity contribution < 1.29 is 4.74 Å². The molecule has 0 saturated carbocycles. The molecule has 96 valence electrons. The van der Waals surface area contributed by atoms with Crippen LogP contribution in [0.2, 0.25) is 0 Å². The maximum Gasteiger partial charge on any atom is 0.178 e. The summed E-state index contributed by atoms with van der Waals surface area (Å²) < 4.78 is 8.64. The number of nitrogens with zero attached hydrogens (tertiary/aromatic N) is 1. The molecule has 0 spiro atoms. The Bertz CT molecular complexity index is 628. The van der Waals surface area contributed by atoms with Crippen molar-refractivity contribution in [2.45, 2.75) is 26.3 Å². The fourth-order valence-electron chi connectivity index (χ4n) is 2.87. The molecule has 0 aliphatic carbocycles. The maximum absolute atomic E-state index is 5.53. The van der Waals surface area contributed by atoms with E-state index in [-0.39, 0.29) is 0 Å². The standard InChI is InChI=1S/C14H18N2OS/c1-9-4-3-5-12-13(9)15-14(18)16(12)11-6-7-17-8-10(11)2/h3-5,10-11H,6-8H2,1-2H3,(H,15,18). The van der Waals surface area contributed by atoms with Gasteiger partial charge in [0.25, 0.3) is 0 Å². The Morgan fingerprint density at radius 2 is 2.28 bits per heavy atom. The second-order valence-electron chi connectivity index (χ2n) is 5.18. The number of hydrogen-bond donors (Lipinski definition) is 1. The molecule has 3 nitrogen and oxygen atoms in total. The van der Waals surface area contributed by atoms with E-state index in [1.54, 1.807) is 0 Å². The first-order chi connectivity index (χ1) is 8.68. The second-order valence-corrected chi connectivity index (χ2v) is 5.56. The molecule has 1 aliphatic heterocycles. The Labute approximate surface area is 112 Å². The van der Waals surface area contributed by atoms with E-state index in [0.29, 0.717) is 12.0 Å². The van der Waals surface area contributed by atoms with Gasteiger partial charge in [-0.2, -0.15) is 0 Å². The van der Waals surface area contributed by atoms with E-state index >= 15 is 0 Å². The first kappa shape index (κ1) is 11.9. The summed E-state index contributed by atoms with van der Waals surface area (Å²) in [4.78, 5) is 3.35. The van der Waals surface area contributed by atoms with Gasteiger partial charge in [0, 0.05) is 18.6 Å². The summed E-state index contributed by atoms with van der Waals surface area (Å²) in [7, 11) is 0. The van der Waals surface area contributed by atoms with Crippen LogP contribution in [-0.2, 0) is 4.74 Å². The number of para-hydroxylation sites is 1. The minimum atomic E-state index is 0.446. The van der Waals surface area contributed by atoms with E-state index in [9.17, 15) is 0 Å². The van der Waals surface area contributed by atoms with Crippen LogP contribution in [0.1, 0.15) is 24.9 Å². The van der Waals surface area contributed by atoms with Crippen LogP contribution in [-0.4, -0.2) is 22.8 Å². The van der Waals surface area contributed by atoms with Crippen LogP contribution in [0.4, 0.5) is 0 Å². The molecule has 18 heavy (non-hydrogen) atoms. The van der Waals surface area contributed by atoms with Crippen LogP contribution in [0.25, 0.3) is 11.0 Å². The molecule has 1 fully saturated rings. The minimum absolute atomic E-state index is 0.446. The normalized spacial score (nSPS) is 24.6. The van der Waals surface area contributed by atoms with E-state index in [4.69, 9.17) is 17.0 Å². The first-order valence-electron chi connectivity index (χ1n) is 6.46. The third kappa shape index (κ3) is 1.80. The minimum Gasteiger partial charge on any atom is -0.381 e. The number of nitrogens with one attached hydrogen (secondary N) is 1. The molecule has 2 atom stereocenters. The topological polar surface area (TPSA) is 29.9 Å². The Kier molecular flexibility index (Phi) is 2.99. The summed E-state index contributed by atoms with van der Waals surface area (Å²) >= 11 is 5.51.